The Balaban J connectivity index is 2.12. The molecule has 1 aliphatic rings. The van der Waals surface area contributed by atoms with E-state index in [1.807, 2.05) is 52.0 Å². The van der Waals surface area contributed by atoms with Crippen molar-refractivity contribution in [2.75, 3.05) is 17.3 Å². The molecule has 2 amide bonds. The summed E-state index contributed by atoms with van der Waals surface area (Å²) in [5.74, 6) is 0.659. The molecule has 0 aromatic heterocycles. The van der Waals surface area contributed by atoms with Crippen LogP contribution in [0.4, 0.5) is 5.69 Å². The molecule has 4 nitrogen and oxygen atoms in total. The number of para-hydroxylation sites is 2. The van der Waals surface area contributed by atoms with Gasteiger partial charge in [0.25, 0.3) is 11.8 Å². The van der Waals surface area contributed by atoms with Crippen LogP contribution < -0.4 is 9.64 Å². The summed E-state index contributed by atoms with van der Waals surface area (Å²) in [5, 5.41) is 0. The average Bonchev–Trinajstić information content (AvgIpc) is 2.89. The molecule has 0 N–H and O–H groups in total. The van der Waals surface area contributed by atoms with Crippen LogP contribution in [0.1, 0.15) is 30.5 Å². The van der Waals surface area contributed by atoms with E-state index in [4.69, 9.17) is 4.74 Å². The number of benzene rings is 2. The summed E-state index contributed by atoms with van der Waals surface area (Å²) in [5.41, 5.74) is 3.99. The van der Waals surface area contributed by atoms with Crippen molar-refractivity contribution < 1.29 is 14.3 Å². The third-order valence-electron chi connectivity index (χ3n) is 4.53. The zero-order valence-electron chi connectivity index (χ0n) is 16.0. The number of ether oxygens (including phenoxy) is 1. The predicted octanol–water partition coefficient (Wildman–Crippen LogP) is 4.74. The van der Waals surface area contributed by atoms with Gasteiger partial charge in [-0.05, 0) is 55.3 Å². The second kappa shape index (κ2) is 8.01. The molecule has 1 aliphatic heterocycles. The summed E-state index contributed by atoms with van der Waals surface area (Å²) >= 11 is 1.41. The van der Waals surface area contributed by atoms with Gasteiger partial charge in [0.2, 0.25) is 0 Å². The van der Waals surface area contributed by atoms with E-state index in [-0.39, 0.29) is 11.8 Å². The van der Waals surface area contributed by atoms with Crippen molar-refractivity contribution in [3.63, 3.8) is 0 Å². The van der Waals surface area contributed by atoms with Gasteiger partial charge in [0.1, 0.15) is 5.75 Å². The van der Waals surface area contributed by atoms with E-state index in [1.165, 1.54) is 16.7 Å². The fraction of sp³-hybridized carbons (Fsp3) is 0.273. The lowest BCUT2D eigenvalue weighted by atomic mass is 10.0. The van der Waals surface area contributed by atoms with Crippen molar-refractivity contribution >= 4 is 34.8 Å². The largest absolute Gasteiger partial charge is 0.492 e. The molecule has 140 valence electrons. The maximum absolute atomic E-state index is 13.3. The number of aryl methyl sites for hydroxylation is 2. The lowest BCUT2D eigenvalue weighted by Crippen LogP contribution is -2.31. The van der Waals surface area contributed by atoms with E-state index >= 15 is 0 Å². The van der Waals surface area contributed by atoms with Gasteiger partial charge < -0.3 is 4.74 Å². The number of nitrogens with zero attached hydrogens (tertiary/aromatic N) is 1. The second-order valence-corrected chi connectivity index (χ2v) is 7.56. The van der Waals surface area contributed by atoms with Crippen molar-refractivity contribution in [1.29, 1.82) is 0 Å². The Labute approximate surface area is 164 Å². The van der Waals surface area contributed by atoms with E-state index in [9.17, 15) is 9.59 Å². The number of thioether (sulfide) groups is 1. The molecule has 0 spiro atoms. The fourth-order valence-electron chi connectivity index (χ4n) is 3.08. The molecule has 0 saturated heterocycles. The Morgan fingerprint density at radius 2 is 1.70 bits per heavy atom. The number of rotatable bonds is 6. The molecule has 1 heterocycles. The molecule has 0 bridgehead atoms. The first kappa shape index (κ1) is 19.2. The number of carbonyl (C=O) groups excluding carboxylic acids is 2. The van der Waals surface area contributed by atoms with E-state index in [2.05, 4.69) is 0 Å². The van der Waals surface area contributed by atoms with Gasteiger partial charge in [0, 0.05) is 0 Å². The summed E-state index contributed by atoms with van der Waals surface area (Å²) in [6.07, 6.45) is 0. The van der Waals surface area contributed by atoms with Gasteiger partial charge in [-0.15, -0.1) is 11.8 Å². The normalized spacial score (nSPS) is 14.3. The highest BCUT2D eigenvalue weighted by molar-refractivity contribution is 8.04. The number of anilines is 1. The van der Waals surface area contributed by atoms with Crippen LogP contribution in [-0.4, -0.2) is 24.2 Å². The Morgan fingerprint density at radius 1 is 0.963 bits per heavy atom. The van der Waals surface area contributed by atoms with Gasteiger partial charge >= 0.3 is 0 Å². The fourth-order valence-corrected chi connectivity index (χ4v) is 3.93. The lowest BCUT2D eigenvalue weighted by molar-refractivity contribution is -0.119. The van der Waals surface area contributed by atoms with Crippen molar-refractivity contribution in [2.24, 2.45) is 0 Å². The molecule has 0 saturated carbocycles. The minimum absolute atomic E-state index is 0.285. The van der Waals surface area contributed by atoms with Crippen LogP contribution in [0.2, 0.25) is 0 Å². The van der Waals surface area contributed by atoms with Gasteiger partial charge in [0.05, 0.1) is 22.8 Å². The van der Waals surface area contributed by atoms with Crippen LogP contribution in [0.15, 0.2) is 47.4 Å². The average molecular weight is 381 g/mol. The topological polar surface area (TPSA) is 46.6 Å². The molecule has 0 atom stereocenters. The Kier molecular flexibility index (Phi) is 5.71. The highest BCUT2D eigenvalue weighted by Crippen LogP contribution is 2.41. The molecule has 0 radical (unpaired) electrons. The summed E-state index contributed by atoms with van der Waals surface area (Å²) in [6.45, 7) is 8.35. The lowest BCUT2D eigenvalue weighted by Gasteiger charge is -2.19. The van der Waals surface area contributed by atoms with E-state index in [0.29, 0.717) is 34.3 Å². The summed E-state index contributed by atoms with van der Waals surface area (Å²) < 4.78 is 5.65. The van der Waals surface area contributed by atoms with Crippen LogP contribution in [0.5, 0.6) is 5.75 Å². The molecule has 0 aliphatic carbocycles. The number of hydrogen-bond donors (Lipinski definition) is 0. The van der Waals surface area contributed by atoms with Crippen LogP contribution >= 0.6 is 11.8 Å². The van der Waals surface area contributed by atoms with Gasteiger partial charge in [-0.3, -0.25) is 9.59 Å². The monoisotopic (exact) mass is 381 g/mol. The first-order chi connectivity index (χ1) is 13.0. The minimum Gasteiger partial charge on any atom is -0.492 e. The van der Waals surface area contributed by atoms with Crippen molar-refractivity contribution in [3.8, 4) is 5.75 Å². The predicted molar refractivity (Wildman–Crippen MR) is 111 cm³/mol. The highest BCUT2D eigenvalue weighted by Gasteiger charge is 2.41. The van der Waals surface area contributed by atoms with Gasteiger partial charge in [0.15, 0.2) is 0 Å². The van der Waals surface area contributed by atoms with Crippen LogP contribution in [0.3, 0.4) is 0 Å². The minimum atomic E-state index is -0.300. The van der Waals surface area contributed by atoms with E-state index < -0.39 is 0 Å². The van der Waals surface area contributed by atoms with Crippen LogP contribution in [0.25, 0.3) is 5.57 Å². The Morgan fingerprint density at radius 3 is 2.37 bits per heavy atom. The molecular weight excluding hydrogens is 358 g/mol. The third-order valence-corrected chi connectivity index (χ3v) is 5.49. The van der Waals surface area contributed by atoms with Crippen molar-refractivity contribution in [1.82, 2.24) is 0 Å². The molecular formula is C22H23NO3S. The molecule has 2 aromatic carbocycles. The van der Waals surface area contributed by atoms with E-state index in [1.54, 1.807) is 18.2 Å². The smallest absolute Gasteiger partial charge is 0.272 e. The van der Waals surface area contributed by atoms with Crippen molar-refractivity contribution in [3.05, 3.63) is 64.1 Å². The molecule has 3 rings (SSSR count). The van der Waals surface area contributed by atoms with Gasteiger partial charge in [-0.2, -0.15) is 0 Å². The SMILES string of the molecule is CCOc1ccccc1N1C(=O)C(SCC)=C(c2ccc(C)c(C)c2)C1=O. The van der Waals surface area contributed by atoms with Crippen LogP contribution in [-0.2, 0) is 9.59 Å². The van der Waals surface area contributed by atoms with Crippen LogP contribution in [0, 0.1) is 13.8 Å². The number of hydrogen-bond acceptors (Lipinski definition) is 4. The molecule has 0 unspecified atom stereocenters. The summed E-state index contributed by atoms with van der Waals surface area (Å²) in [7, 11) is 0. The first-order valence-corrected chi connectivity index (χ1v) is 10.0. The second-order valence-electron chi connectivity index (χ2n) is 6.28. The molecule has 0 fully saturated rings. The summed E-state index contributed by atoms with van der Waals surface area (Å²) in [4.78, 5) is 28.2. The number of imide groups is 1. The zero-order valence-corrected chi connectivity index (χ0v) is 16.9. The summed E-state index contributed by atoms with van der Waals surface area (Å²) in [6, 6.07) is 13.0. The third kappa shape index (κ3) is 3.52. The van der Waals surface area contributed by atoms with Gasteiger partial charge in [-0.25, -0.2) is 4.90 Å². The maximum atomic E-state index is 13.3. The van der Waals surface area contributed by atoms with Crippen molar-refractivity contribution in [2.45, 2.75) is 27.7 Å². The van der Waals surface area contributed by atoms with E-state index in [0.717, 1.165) is 16.7 Å². The highest BCUT2D eigenvalue weighted by atomic mass is 32.2. The molecule has 27 heavy (non-hydrogen) atoms. The Bertz CT molecular complexity index is 933. The maximum Gasteiger partial charge on any atom is 0.272 e. The van der Waals surface area contributed by atoms with Gasteiger partial charge in [-0.1, -0.05) is 37.3 Å². The number of carbonyl (C=O) groups is 2. The number of amides is 2. The quantitative estimate of drug-likeness (QED) is 0.678. The molecule has 5 heteroatoms. The first-order valence-electron chi connectivity index (χ1n) is 9.04. The Hall–Kier alpha value is -2.53. The zero-order chi connectivity index (χ0) is 19.6. The molecule has 2 aromatic rings. The standard InChI is InChI=1S/C22H23NO3S/c1-5-26-18-10-8-7-9-17(18)23-21(24)19(20(22(23)25)27-6-2)16-12-11-14(3)15(4)13-16/h7-13H,5-6H2,1-4H3.